The van der Waals surface area contributed by atoms with Crippen LogP contribution in [-0.2, 0) is 23.0 Å². The molecule has 0 aromatic carbocycles. The second-order valence-electron chi connectivity index (χ2n) is 5.82. The van der Waals surface area contributed by atoms with E-state index in [1.807, 2.05) is 0 Å². The second-order valence-corrected chi connectivity index (χ2v) is 18.6. The molecule has 0 atom stereocenters. The zero-order valence-corrected chi connectivity index (χ0v) is 19.6. The zero-order chi connectivity index (χ0) is 16.6. The molecule has 0 unspecified atom stereocenters. The Labute approximate surface area is 154 Å². The molecule has 0 amide bonds. The Bertz CT molecular complexity index is 375. The van der Waals surface area contributed by atoms with E-state index in [9.17, 15) is 0 Å². The molecule has 0 fully saturated rings. The number of rotatable bonds is 6. The third-order valence-corrected chi connectivity index (χ3v) is 3.13. The molecule has 0 aliphatic heterocycles. The van der Waals surface area contributed by atoms with Crippen LogP contribution >= 0.6 is 0 Å². The summed E-state index contributed by atoms with van der Waals surface area (Å²) in [7, 11) is 0. The summed E-state index contributed by atoms with van der Waals surface area (Å²) in [6.07, 6.45) is 25.1. The summed E-state index contributed by atoms with van der Waals surface area (Å²) in [4.78, 5) is 0. The maximum atomic E-state index is 3.30. The van der Waals surface area contributed by atoms with Crippen LogP contribution in [0, 0.1) is 12.2 Å². The number of unbranched alkanes of at least 4 members (excludes halogenated alkanes) is 2. The number of hydrogen-bond donors (Lipinski definition) is 0. The van der Waals surface area contributed by atoms with Crippen molar-refractivity contribution in [2.24, 2.45) is 0 Å². The fraction of sp³-hybridized carbons (Fsp3) is 0.600. The SMILES string of the molecule is CCCCC1=[C-]CC=C1.CCCCC1=[C-]CC=C1.C[Si](C)=[Hf+2]. The Kier molecular flexibility index (Phi) is 16.0. The first-order valence-corrected chi connectivity index (χ1v) is 16.5. The van der Waals surface area contributed by atoms with E-state index in [0.717, 1.165) is 12.8 Å². The van der Waals surface area contributed by atoms with Gasteiger partial charge in [0, 0.05) is 0 Å². The van der Waals surface area contributed by atoms with Gasteiger partial charge >= 0.3 is 41.6 Å². The van der Waals surface area contributed by atoms with Gasteiger partial charge in [0.15, 0.2) is 0 Å². The van der Waals surface area contributed by atoms with Crippen LogP contribution in [0.3, 0.4) is 0 Å². The van der Waals surface area contributed by atoms with Crippen molar-refractivity contribution in [1.29, 1.82) is 0 Å². The molecule has 0 saturated carbocycles. The summed E-state index contributed by atoms with van der Waals surface area (Å²) in [5.41, 5.74) is 3.09. The molecule has 0 aromatic rings. The molecule has 0 spiro atoms. The standard InChI is InChI=1S/2C9H13.C2H6Si.Hf/c2*1-2-3-6-9-7-4-5-8-9;1-3-2;/h2*4,7H,2-3,5-6H2,1H3;1-2H3;/q2*-1;;+2. The van der Waals surface area contributed by atoms with E-state index in [4.69, 9.17) is 0 Å². The predicted octanol–water partition coefficient (Wildman–Crippen LogP) is 6.52. The molecule has 0 N–H and O–H groups in total. The average Bonchev–Trinajstić information content (AvgIpc) is 3.16. The third-order valence-electron chi connectivity index (χ3n) is 3.13. The maximum absolute atomic E-state index is 3.30. The Morgan fingerprint density at radius 3 is 1.50 bits per heavy atom. The summed E-state index contributed by atoms with van der Waals surface area (Å²) in [5, 5.41) is 0. The molecule has 0 heterocycles. The first-order chi connectivity index (χ1) is 10.6. The van der Waals surface area contributed by atoms with Gasteiger partial charge in [0.25, 0.3) is 0 Å². The van der Waals surface area contributed by atoms with Crippen LogP contribution in [0.15, 0.2) is 35.5 Å². The predicted molar refractivity (Wildman–Crippen MR) is 97.6 cm³/mol. The van der Waals surface area contributed by atoms with Gasteiger partial charge in [-0.25, -0.2) is 23.3 Å². The molecule has 2 rings (SSSR count). The average molecular weight is 479 g/mol. The van der Waals surface area contributed by atoms with Crippen LogP contribution in [0.4, 0.5) is 0 Å². The summed E-state index contributed by atoms with van der Waals surface area (Å²) in [5.74, 6) is 0. The van der Waals surface area contributed by atoms with Gasteiger partial charge in [-0.3, -0.25) is 12.2 Å². The van der Waals surface area contributed by atoms with Gasteiger partial charge in [0.2, 0.25) is 0 Å². The van der Waals surface area contributed by atoms with Gasteiger partial charge in [-0.05, 0) is 0 Å². The van der Waals surface area contributed by atoms with Crippen molar-refractivity contribution in [3.63, 3.8) is 0 Å². The van der Waals surface area contributed by atoms with Crippen LogP contribution in [0.5, 0.6) is 0 Å². The van der Waals surface area contributed by atoms with Crippen molar-refractivity contribution in [3.8, 4) is 0 Å². The molecule has 0 radical (unpaired) electrons. The molecular weight excluding hydrogens is 447 g/mol. The van der Waals surface area contributed by atoms with Gasteiger partial charge < -0.3 is 0 Å². The fourth-order valence-corrected chi connectivity index (χ4v) is 1.98. The molecule has 0 nitrogen and oxygen atoms in total. The van der Waals surface area contributed by atoms with Gasteiger partial charge in [-0.2, -0.15) is 12.2 Å². The number of allylic oxidation sites excluding steroid dienone is 8. The van der Waals surface area contributed by atoms with E-state index in [-0.39, 0.29) is 5.49 Å². The van der Waals surface area contributed by atoms with E-state index in [1.54, 1.807) is 0 Å². The monoisotopic (exact) mass is 480 g/mol. The summed E-state index contributed by atoms with van der Waals surface area (Å²) < 4.78 is 0. The topological polar surface area (TPSA) is 0 Å². The van der Waals surface area contributed by atoms with Gasteiger partial charge in [0.1, 0.15) is 0 Å². The summed E-state index contributed by atoms with van der Waals surface area (Å²) >= 11 is 1.45. The molecule has 0 bridgehead atoms. The van der Waals surface area contributed by atoms with Gasteiger partial charge in [-0.15, -0.1) is 12.8 Å². The summed E-state index contributed by atoms with van der Waals surface area (Å²) in [6, 6.07) is 0. The van der Waals surface area contributed by atoms with Crippen molar-refractivity contribution < 1.29 is 23.0 Å². The van der Waals surface area contributed by atoms with Gasteiger partial charge in [-0.1, -0.05) is 52.4 Å². The van der Waals surface area contributed by atoms with Crippen molar-refractivity contribution in [3.05, 3.63) is 47.6 Å². The third kappa shape index (κ3) is 15.0. The van der Waals surface area contributed by atoms with Crippen LogP contribution in [0.25, 0.3) is 0 Å². The molecular formula is C20H32HfSi. The van der Waals surface area contributed by atoms with E-state index < -0.39 is 0 Å². The molecule has 2 aliphatic rings. The fourth-order valence-electron chi connectivity index (χ4n) is 1.98. The van der Waals surface area contributed by atoms with Crippen LogP contribution in [-0.4, -0.2) is 5.49 Å². The zero-order valence-electron chi connectivity index (χ0n) is 15.0. The first kappa shape index (κ1) is 22.0. The number of hydrogen-bond acceptors (Lipinski definition) is 0. The van der Waals surface area contributed by atoms with Crippen molar-refractivity contribution in [1.82, 2.24) is 0 Å². The molecule has 2 heteroatoms. The molecule has 0 saturated heterocycles. The Morgan fingerprint density at radius 2 is 1.27 bits per heavy atom. The molecule has 2 aliphatic carbocycles. The minimum atomic E-state index is 0.259. The Morgan fingerprint density at radius 1 is 0.909 bits per heavy atom. The van der Waals surface area contributed by atoms with Crippen molar-refractivity contribution in [2.45, 2.75) is 78.3 Å². The van der Waals surface area contributed by atoms with Crippen molar-refractivity contribution in [2.75, 3.05) is 0 Å². The van der Waals surface area contributed by atoms with Gasteiger partial charge in [0.05, 0.1) is 0 Å². The van der Waals surface area contributed by atoms with E-state index in [0.29, 0.717) is 0 Å². The minimum absolute atomic E-state index is 0.259. The van der Waals surface area contributed by atoms with Crippen LogP contribution < -0.4 is 0 Å². The quantitative estimate of drug-likeness (QED) is 0.301. The molecule has 22 heavy (non-hydrogen) atoms. The van der Waals surface area contributed by atoms with E-state index in [2.05, 4.69) is 63.4 Å². The van der Waals surface area contributed by atoms with E-state index in [1.165, 1.54) is 72.7 Å². The molecule has 120 valence electrons. The first-order valence-electron chi connectivity index (χ1n) is 8.64. The normalized spacial score (nSPS) is 14.6. The second kappa shape index (κ2) is 15.9. The molecule has 0 aromatic heterocycles. The Hall–Kier alpha value is 0.0470. The Balaban J connectivity index is 0.000000326. The van der Waals surface area contributed by atoms with E-state index >= 15 is 0 Å². The van der Waals surface area contributed by atoms with Crippen molar-refractivity contribution >= 4 is 5.49 Å². The summed E-state index contributed by atoms with van der Waals surface area (Å²) in [6.45, 7) is 9.10. The van der Waals surface area contributed by atoms with Crippen LogP contribution in [0.1, 0.15) is 65.2 Å². The van der Waals surface area contributed by atoms with Crippen LogP contribution in [0.2, 0.25) is 13.1 Å².